The molecule has 0 aromatic heterocycles. The molecule has 5 nitrogen and oxygen atoms in total. The molecule has 0 saturated heterocycles. The maximum atomic E-state index is 5.71. The summed E-state index contributed by atoms with van der Waals surface area (Å²) in [6.07, 6.45) is 2.19. The van der Waals surface area contributed by atoms with Crippen molar-refractivity contribution in [3.05, 3.63) is 29.8 Å². The smallest absolute Gasteiger partial charge is 0.188 e. The summed E-state index contributed by atoms with van der Waals surface area (Å²) < 4.78 is 10.7. The van der Waals surface area contributed by atoms with E-state index in [4.69, 9.17) is 15.2 Å². The summed E-state index contributed by atoms with van der Waals surface area (Å²) in [6, 6.07) is 7.84. The number of guanidine groups is 1. The lowest BCUT2D eigenvalue weighted by Gasteiger charge is -2.07. The molecular weight excluding hydrogens is 254 g/mol. The van der Waals surface area contributed by atoms with Gasteiger partial charge >= 0.3 is 0 Å². The van der Waals surface area contributed by atoms with Gasteiger partial charge in [-0.15, -0.1) is 0 Å². The van der Waals surface area contributed by atoms with Gasteiger partial charge in [0.05, 0.1) is 20.3 Å². The summed E-state index contributed by atoms with van der Waals surface area (Å²) in [5, 5.41) is 3.03. The predicted molar refractivity (Wildman–Crippen MR) is 82.1 cm³/mol. The summed E-state index contributed by atoms with van der Waals surface area (Å²) in [5.74, 6) is 1.35. The molecular formula is C15H25N3O2. The van der Waals surface area contributed by atoms with E-state index in [2.05, 4.69) is 17.2 Å². The lowest BCUT2D eigenvalue weighted by molar-refractivity contribution is 0.125. The number of ether oxygens (including phenoxy) is 2. The maximum absolute atomic E-state index is 5.71. The lowest BCUT2D eigenvalue weighted by atomic mass is 10.2. The second-order valence-electron chi connectivity index (χ2n) is 4.45. The Hall–Kier alpha value is -1.75. The van der Waals surface area contributed by atoms with Crippen molar-refractivity contribution in [3.8, 4) is 5.75 Å². The van der Waals surface area contributed by atoms with Gasteiger partial charge in [-0.05, 0) is 24.1 Å². The molecule has 0 aliphatic carbocycles. The van der Waals surface area contributed by atoms with E-state index in [0.29, 0.717) is 25.7 Å². The number of methoxy groups -OCH3 is 1. The quantitative estimate of drug-likeness (QED) is 0.411. The minimum Gasteiger partial charge on any atom is -0.497 e. The molecule has 3 N–H and O–H groups in total. The Kier molecular flexibility index (Phi) is 8.22. The summed E-state index contributed by atoms with van der Waals surface area (Å²) >= 11 is 0. The summed E-state index contributed by atoms with van der Waals surface area (Å²) in [6.45, 7) is 4.75. The van der Waals surface area contributed by atoms with Crippen LogP contribution in [0, 0.1) is 0 Å². The second kappa shape index (κ2) is 10.1. The van der Waals surface area contributed by atoms with Gasteiger partial charge in [0.15, 0.2) is 5.96 Å². The molecule has 0 spiro atoms. The van der Waals surface area contributed by atoms with Crippen LogP contribution >= 0.6 is 0 Å². The van der Waals surface area contributed by atoms with Crippen molar-refractivity contribution in [2.75, 3.05) is 26.8 Å². The number of nitrogens with two attached hydrogens (primary N) is 1. The minimum absolute atomic E-state index is 0.492. The molecule has 20 heavy (non-hydrogen) atoms. The molecule has 0 amide bonds. The first kappa shape index (κ1) is 16.3. The third-order valence-electron chi connectivity index (χ3n) is 2.77. The largest absolute Gasteiger partial charge is 0.497 e. The average Bonchev–Trinajstić information content (AvgIpc) is 2.48. The fourth-order valence-corrected chi connectivity index (χ4v) is 1.58. The van der Waals surface area contributed by atoms with E-state index in [1.54, 1.807) is 7.11 Å². The number of aliphatic imine (C=N–C) groups is 1. The van der Waals surface area contributed by atoms with E-state index in [1.807, 2.05) is 24.3 Å². The van der Waals surface area contributed by atoms with Crippen LogP contribution in [0.3, 0.4) is 0 Å². The molecule has 0 fully saturated rings. The highest BCUT2D eigenvalue weighted by Gasteiger charge is 1.95. The Balaban J connectivity index is 2.10. The average molecular weight is 279 g/mol. The number of nitrogens with one attached hydrogen (secondary N) is 1. The fourth-order valence-electron chi connectivity index (χ4n) is 1.58. The van der Waals surface area contributed by atoms with Gasteiger partial charge in [-0.2, -0.15) is 0 Å². The van der Waals surface area contributed by atoms with Crippen molar-refractivity contribution in [3.63, 3.8) is 0 Å². The van der Waals surface area contributed by atoms with E-state index in [-0.39, 0.29) is 0 Å². The fraction of sp³-hybridized carbons (Fsp3) is 0.533. The van der Waals surface area contributed by atoms with Gasteiger partial charge in [0, 0.05) is 13.1 Å². The molecule has 0 atom stereocenters. The van der Waals surface area contributed by atoms with Gasteiger partial charge < -0.3 is 20.5 Å². The maximum Gasteiger partial charge on any atom is 0.188 e. The molecule has 1 aromatic carbocycles. The molecule has 0 aliphatic rings. The van der Waals surface area contributed by atoms with Crippen molar-refractivity contribution < 1.29 is 9.47 Å². The highest BCUT2D eigenvalue weighted by molar-refractivity contribution is 5.77. The highest BCUT2D eigenvalue weighted by Crippen LogP contribution is 2.11. The Morgan fingerprint density at radius 1 is 1.30 bits per heavy atom. The van der Waals surface area contributed by atoms with E-state index in [0.717, 1.165) is 30.7 Å². The monoisotopic (exact) mass is 279 g/mol. The first-order chi connectivity index (χ1) is 9.76. The van der Waals surface area contributed by atoms with Crippen LogP contribution in [0.4, 0.5) is 0 Å². The van der Waals surface area contributed by atoms with Gasteiger partial charge in [0.1, 0.15) is 5.75 Å². The summed E-state index contributed by atoms with van der Waals surface area (Å²) in [7, 11) is 1.66. The summed E-state index contributed by atoms with van der Waals surface area (Å²) in [4.78, 5) is 4.20. The van der Waals surface area contributed by atoms with Gasteiger partial charge in [-0.1, -0.05) is 25.5 Å². The van der Waals surface area contributed by atoms with E-state index in [9.17, 15) is 0 Å². The zero-order valence-electron chi connectivity index (χ0n) is 12.4. The molecule has 0 unspecified atom stereocenters. The Bertz CT molecular complexity index is 391. The van der Waals surface area contributed by atoms with Crippen molar-refractivity contribution >= 4 is 5.96 Å². The third-order valence-corrected chi connectivity index (χ3v) is 2.77. The Labute approximate surface area is 121 Å². The number of rotatable bonds is 9. The highest BCUT2D eigenvalue weighted by atomic mass is 16.5. The first-order valence-electron chi connectivity index (χ1n) is 7.00. The molecule has 112 valence electrons. The van der Waals surface area contributed by atoms with Crippen LogP contribution in [0.2, 0.25) is 0 Å². The van der Waals surface area contributed by atoms with Crippen LogP contribution in [0.25, 0.3) is 0 Å². The Morgan fingerprint density at radius 2 is 2.05 bits per heavy atom. The molecule has 0 heterocycles. The normalized spacial score (nSPS) is 11.4. The number of hydrogen-bond donors (Lipinski definition) is 2. The number of unbranched alkanes of at least 4 members (excludes halogenated alkanes) is 1. The molecule has 0 bridgehead atoms. The SMILES string of the molecule is CCCCN=C(N)NCCOCc1ccc(OC)cc1. The third kappa shape index (κ3) is 6.99. The topological polar surface area (TPSA) is 68.9 Å². The lowest BCUT2D eigenvalue weighted by Crippen LogP contribution is -2.34. The number of hydrogen-bond acceptors (Lipinski definition) is 3. The van der Waals surface area contributed by atoms with Crippen LogP contribution in [0.1, 0.15) is 25.3 Å². The van der Waals surface area contributed by atoms with Crippen LogP contribution < -0.4 is 15.8 Å². The van der Waals surface area contributed by atoms with Crippen LogP contribution in [0.15, 0.2) is 29.3 Å². The van der Waals surface area contributed by atoms with Crippen LogP contribution in [0.5, 0.6) is 5.75 Å². The zero-order valence-corrected chi connectivity index (χ0v) is 12.4. The van der Waals surface area contributed by atoms with E-state index < -0.39 is 0 Å². The van der Waals surface area contributed by atoms with E-state index >= 15 is 0 Å². The molecule has 1 rings (SSSR count). The van der Waals surface area contributed by atoms with Gasteiger partial charge in [0.2, 0.25) is 0 Å². The first-order valence-corrected chi connectivity index (χ1v) is 7.00. The van der Waals surface area contributed by atoms with E-state index in [1.165, 1.54) is 0 Å². The summed E-state index contributed by atoms with van der Waals surface area (Å²) in [5.41, 5.74) is 6.83. The standard InChI is InChI=1S/C15H25N3O2/c1-3-4-9-17-15(16)18-10-11-20-12-13-5-7-14(19-2)8-6-13/h5-8H,3-4,9-12H2,1-2H3,(H3,16,17,18). The Morgan fingerprint density at radius 3 is 2.70 bits per heavy atom. The van der Waals surface area contributed by atoms with Crippen molar-refractivity contribution in [1.82, 2.24) is 5.32 Å². The van der Waals surface area contributed by atoms with Crippen LogP contribution in [-0.4, -0.2) is 32.8 Å². The van der Waals surface area contributed by atoms with Crippen molar-refractivity contribution in [2.45, 2.75) is 26.4 Å². The molecule has 0 saturated carbocycles. The second-order valence-corrected chi connectivity index (χ2v) is 4.45. The van der Waals surface area contributed by atoms with Gasteiger partial charge in [-0.25, -0.2) is 0 Å². The van der Waals surface area contributed by atoms with Gasteiger partial charge in [0.25, 0.3) is 0 Å². The molecule has 0 radical (unpaired) electrons. The number of benzene rings is 1. The van der Waals surface area contributed by atoms with Crippen molar-refractivity contribution in [1.29, 1.82) is 0 Å². The predicted octanol–water partition coefficient (Wildman–Crippen LogP) is 1.92. The van der Waals surface area contributed by atoms with Crippen LogP contribution in [-0.2, 0) is 11.3 Å². The molecule has 0 aliphatic heterocycles. The molecule has 5 heteroatoms. The van der Waals surface area contributed by atoms with Crippen molar-refractivity contribution in [2.24, 2.45) is 10.7 Å². The minimum atomic E-state index is 0.492. The zero-order chi connectivity index (χ0) is 14.6. The van der Waals surface area contributed by atoms with Gasteiger partial charge in [-0.3, -0.25) is 4.99 Å². The number of nitrogens with zero attached hydrogens (tertiary/aromatic N) is 1. The molecule has 1 aromatic rings.